The summed E-state index contributed by atoms with van der Waals surface area (Å²) in [5.74, 6) is 0. The Kier molecular flexibility index (Phi) is 7.13. The quantitative estimate of drug-likeness (QED) is 0.269. The highest BCUT2D eigenvalue weighted by atomic mass is 32.2. The molecule has 0 unspecified atom stereocenters. The van der Waals surface area contributed by atoms with Crippen LogP contribution in [-0.4, -0.2) is 60.8 Å². The molecule has 1 heterocycles. The molecule has 3 aromatic rings. The molecule has 162 valence electrons. The number of para-hydroxylation sites is 1. The van der Waals surface area contributed by atoms with E-state index in [9.17, 15) is 23.3 Å². The molecule has 2 aromatic carbocycles. The lowest BCUT2D eigenvalue weighted by atomic mass is 10.1. The highest BCUT2D eigenvalue weighted by Gasteiger charge is 2.21. The standard InChI is InChI=1S/C18H20N4O3.CH4O3S/c1-20(2)11-10-19-13-8-9-15(22(24)25)17-16(13)18(23)12-6-4-5-7-14(12)21(17)3;1-5(2,3)4/h4-9,19H,10-11H2,1-3H3;1H3,(H,2,3,4). The number of likely N-dealkylation sites (N-methyl/N-ethyl adjacent to an activating group) is 1. The molecule has 1 aromatic heterocycles. The zero-order chi connectivity index (χ0) is 22.6. The van der Waals surface area contributed by atoms with Gasteiger partial charge >= 0.3 is 0 Å². The number of non-ortho nitro benzene ring substituents is 1. The van der Waals surface area contributed by atoms with Crippen LogP contribution in [-0.2, 0) is 17.2 Å². The van der Waals surface area contributed by atoms with Gasteiger partial charge in [0.15, 0.2) is 5.43 Å². The van der Waals surface area contributed by atoms with Gasteiger partial charge in [-0.15, -0.1) is 0 Å². The van der Waals surface area contributed by atoms with Crippen LogP contribution in [0.1, 0.15) is 0 Å². The van der Waals surface area contributed by atoms with Crippen molar-refractivity contribution in [1.29, 1.82) is 0 Å². The molecular weight excluding hydrogens is 412 g/mol. The van der Waals surface area contributed by atoms with Gasteiger partial charge in [0, 0.05) is 37.3 Å². The van der Waals surface area contributed by atoms with E-state index < -0.39 is 15.0 Å². The predicted molar refractivity (Wildman–Crippen MR) is 118 cm³/mol. The summed E-state index contributed by atoms with van der Waals surface area (Å²) in [5, 5.41) is 15.6. The van der Waals surface area contributed by atoms with Crippen molar-refractivity contribution in [3.05, 3.63) is 56.7 Å². The van der Waals surface area contributed by atoms with Crippen molar-refractivity contribution in [3.63, 3.8) is 0 Å². The van der Waals surface area contributed by atoms with Gasteiger partial charge in [0.2, 0.25) is 0 Å². The normalized spacial score (nSPS) is 11.4. The molecule has 11 heteroatoms. The van der Waals surface area contributed by atoms with Crippen LogP contribution in [0.25, 0.3) is 21.8 Å². The molecular formula is C19H24N4O6S. The molecule has 0 saturated heterocycles. The second-order valence-electron chi connectivity index (χ2n) is 6.98. The topological polar surface area (TPSA) is 135 Å². The van der Waals surface area contributed by atoms with E-state index in [2.05, 4.69) is 5.32 Å². The largest absolute Gasteiger partial charge is 0.383 e. The molecule has 0 bridgehead atoms. The van der Waals surface area contributed by atoms with Gasteiger partial charge in [0.05, 0.1) is 22.1 Å². The molecule has 0 saturated carbocycles. The summed E-state index contributed by atoms with van der Waals surface area (Å²) in [4.78, 5) is 26.1. The van der Waals surface area contributed by atoms with E-state index >= 15 is 0 Å². The Bertz CT molecular complexity index is 1240. The van der Waals surface area contributed by atoms with Crippen LogP contribution in [0.15, 0.2) is 41.2 Å². The molecule has 0 spiro atoms. The van der Waals surface area contributed by atoms with Gasteiger partial charge in [-0.25, -0.2) is 0 Å². The fraction of sp³-hybridized carbons (Fsp3) is 0.316. The second-order valence-corrected chi connectivity index (χ2v) is 8.45. The Morgan fingerprint density at radius 3 is 2.37 bits per heavy atom. The minimum absolute atomic E-state index is 0.0708. The molecule has 0 radical (unpaired) electrons. The molecule has 3 rings (SSSR count). The number of pyridine rings is 1. The summed E-state index contributed by atoms with van der Waals surface area (Å²) in [6.45, 7) is 1.42. The zero-order valence-electron chi connectivity index (χ0n) is 17.1. The number of aryl methyl sites for hydroxylation is 1. The lowest BCUT2D eigenvalue weighted by Gasteiger charge is -2.16. The summed E-state index contributed by atoms with van der Waals surface area (Å²) in [5.41, 5.74) is 1.36. The van der Waals surface area contributed by atoms with E-state index in [0.29, 0.717) is 40.3 Å². The van der Waals surface area contributed by atoms with Crippen LogP contribution in [0, 0.1) is 10.1 Å². The van der Waals surface area contributed by atoms with E-state index in [1.54, 1.807) is 35.9 Å². The second kappa shape index (κ2) is 9.20. The summed E-state index contributed by atoms with van der Waals surface area (Å²) in [6, 6.07) is 10.2. The van der Waals surface area contributed by atoms with Gasteiger partial charge in [-0.1, -0.05) is 12.1 Å². The molecule has 0 aliphatic rings. The summed E-state index contributed by atoms with van der Waals surface area (Å²) < 4.78 is 27.6. The van der Waals surface area contributed by atoms with Crippen LogP contribution in [0.4, 0.5) is 11.4 Å². The fourth-order valence-electron chi connectivity index (χ4n) is 3.07. The fourth-order valence-corrected chi connectivity index (χ4v) is 3.07. The number of nitrogens with zero attached hydrogens (tertiary/aromatic N) is 3. The Balaban J connectivity index is 0.000000575. The first-order valence-corrected chi connectivity index (χ1v) is 10.8. The van der Waals surface area contributed by atoms with Crippen molar-refractivity contribution in [2.24, 2.45) is 7.05 Å². The number of nitro groups is 1. The van der Waals surface area contributed by atoms with Crippen LogP contribution in [0.5, 0.6) is 0 Å². The highest BCUT2D eigenvalue weighted by molar-refractivity contribution is 7.85. The van der Waals surface area contributed by atoms with Crippen LogP contribution >= 0.6 is 0 Å². The van der Waals surface area contributed by atoms with Crippen molar-refractivity contribution in [2.45, 2.75) is 0 Å². The van der Waals surface area contributed by atoms with Crippen LogP contribution < -0.4 is 10.7 Å². The lowest BCUT2D eigenvalue weighted by molar-refractivity contribution is -0.383. The summed E-state index contributed by atoms with van der Waals surface area (Å²) >= 11 is 0. The number of aromatic nitrogens is 1. The van der Waals surface area contributed by atoms with Crippen LogP contribution in [0.3, 0.4) is 0 Å². The molecule has 0 atom stereocenters. The third-order valence-corrected chi connectivity index (χ3v) is 4.30. The maximum Gasteiger partial charge on any atom is 0.293 e. The van der Waals surface area contributed by atoms with Crippen molar-refractivity contribution < 1.29 is 17.9 Å². The van der Waals surface area contributed by atoms with Crippen molar-refractivity contribution in [2.75, 3.05) is 38.8 Å². The van der Waals surface area contributed by atoms with E-state index in [-0.39, 0.29) is 11.1 Å². The van der Waals surface area contributed by atoms with E-state index in [4.69, 9.17) is 4.55 Å². The molecule has 0 amide bonds. The van der Waals surface area contributed by atoms with Crippen molar-refractivity contribution in [3.8, 4) is 0 Å². The van der Waals surface area contributed by atoms with Gasteiger partial charge in [0.1, 0.15) is 5.52 Å². The molecule has 2 N–H and O–H groups in total. The van der Waals surface area contributed by atoms with Gasteiger partial charge in [-0.05, 0) is 32.3 Å². The average Bonchev–Trinajstić information content (AvgIpc) is 2.64. The number of hydrogen-bond acceptors (Lipinski definition) is 7. The first kappa shape index (κ1) is 23.3. The predicted octanol–water partition coefficient (Wildman–Crippen LogP) is 2.08. The Labute approximate surface area is 173 Å². The summed E-state index contributed by atoms with van der Waals surface area (Å²) in [7, 11) is 2.00. The average molecular weight is 436 g/mol. The van der Waals surface area contributed by atoms with Crippen LogP contribution in [0.2, 0.25) is 0 Å². The Morgan fingerprint density at radius 2 is 1.80 bits per heavy atom. The number of nitro benzene ring substituents is 1. The number of rotatable bonds is 5. The minimum atomic E-state index is -3.67. The number of anilines is 1. The monoisotopic (exact) mass is 436 g/mol. The van der Waals surface area contributed by atoms with Crippen molar-refractivity contribution >= 4 is 43.3 Å². The van der Waals surface area contributed by atoms with Gasteiger partial charge in [-0.3, -0.25) is 19.5 Å². The maximum atomic E-state index is 13.0. The third-order valence-electron chi connectivity index (χ3n) is 4.30. The summed E-state index contributed by atoms with van der Waals surface area (Å²) in [6.07, 6.45) is 0.715. The van der Waals surface area contributed by atoms with E-state index in [1.807, 2.05) is 25.1 Å². The molecule has 0 aliphatic heterocycles. The zero-order valence-corrected chi connectivity index (χ0v) is 17.9. The van der Waals surface area contributed by atoms with Gasteiger partial charge in [0.25, 0.3) is 15.8 Å². The molecule has 0 fully saturated rings. The minimum Gasteiger partial charge on any atom is -0.383 e. The van der Waals surface area contributed by atoms with Gasteiger partial charge < -0.3 is 14.8 Å². The third kappa shape index (κ3) is 5.53. The number of benzene rings is 2. The maximum absolute atomic E-state index is 13.0. The molecule has 0 aliphatic carbocycles. The number of nitrogens with one attached hydrogen (secondary N) is 1. The Morgan fingerprint density at radius 1 is 1.20 bits per heavy atom. The van der Waals surface area contributed by atoms with E-state index in [1.165, 1.54) is 6.07 Å². The molecule has 30 heavy (non-hydrogen) atoms. The first-order chi connectivity index (χ1) is 13.9. The first-order valence-electron chi connectivity index (χ1n) is 8.91. The number of fused-ring (bicyclic) bond motifs is 2. The smallest absolute Gasteiger partial charge is 0.293 e. The van der Waals surface area contributed by atoms with Gasteiger partial charge in [-0.2, -0.15) is 8.42 Å². The molecule has 10 nitrogen and oxygen atoms in total. The SMILES string of the molecule is CN(C)CCNc1ccc([N+](=O)[O-])c2c1c(=O)c1ccccc1n2C.CS(=O)(=O)O. The van der Waals surface area contributed by atoms with E-state index in [0.717, 1.165) is 6.54 Å². The number of hydrogen-bond donors (Lipinski definition) is 2. The highest BCUT2D eigenvalue weighted by Crippen LogP contribution is 2.31. The lowest BCUT2D eigenvalue weighted by Crippen LogP contribution is -2.21. The Hall–Kier alpha value is -3.02. The van der Waals surface area contributed by atoms with Crippen molar-refractivity contribution in [1.82, 2.24) is 9.47 Å².